The van der Waals surface area contributed by atoms with Gasteiger partial charge in [-0.1, -0.05) is 25.7 Å². The van der Waals surface area contributed by atoms with Crippen molar-refractivity contribution in [3.05, 3.63) is 24.0 Å². The Morgan fingerprint density at radius 2 is 1.90 bits per heavy atom. The predicted molar refractivity (Wildman–Crippen MR) is 79.9 cm³/mol. The average molecular weight is 278 g/mol. The summed E-state index contributed by atoms with van der Waals surface area (Å²) < 4.78 is 5.37. The molecular weight excluding hydrogens is 252 g/mol. The SMILES string of the molecule is COc1cccnc1C(O)C1(N(C)C)CCCCCC1. The number of pyridine rings is 1. The molecule has 1 heterocycles. The fourth-order valence-electron chi connectivity index (χ4n) is 3.34. The molecule has 1 fully saturated rings. The smallest absolute Gasteiger partial charge is 0.143 e. The van der Waals surface area contributed by atoms with E-state index in [4.69, 9.17) is 4.74 Å². The number of nitrogens with zero attached hydrogens (tertiary/aromatic N) is 2. The largest absolute Gasteiger partial charge is 0.495 e. The number of aromatic nitrogens is 1. The highest BCUT2D eigenvalue weighted by Gasteiger charge is 2.42. The molecule has 1 N–H and O–H groups in total. The first kappa shape index (κ1) is 15.3. The second kappa shape index (κ2) is 6.55. The van der Waals surface area contributed by atoms with E-state index in [-0.39, 0.29) is 5.54 Å². The van der Waals surface area contributed by atoms with Gasteiger partial charge in [0.25, 0.3) is 0 Å². The summed E-state index contributed by atoms with van der Waals surface area (Å²) in [5.41, 5.74) is 0.420. The number of aliphatic hydroxyl groups excluding tert-OH is 1. The molecule has 2 rings (SSSR count). The van der Waals surface area contributed by atoms with Gasteiger partial charge in [-0.15, -0.1) is 0 Å². The molecule has 0 amide bonds. The molecule has 4 nitrogen and oxygen atoms in total. The lowest BCUT2D eigenvalue weighted by molar-refractivity contribution is -0.0234. The Morgan fingerprint density at radius 3 is 2.45 bits per heavy atom. The summed E-state index contributed by atoms with van der Waals surface area (Å²) in [5, 5.41) is 11.0. The van der Waals surface area contributed by atoms with Crippen LogP contribution in [0.15, 0.2) is 18.3 Å². The summed E-state index contributed by atoms with van der Waals surface area (Å²) in [7, 11) is 5.75. The first-order chi connectivity index (χ1) is 9.62. The lowest BCUT2D eigenvalue weighted by Crippen LogP contribution is -2.49. The Balaban J connectivity index is 2.37. The number of aliphatic hydroxyl groups is 1. The van der Waals surface area contributed by atoms with Crippen molar-refractivity contribution in [2.75, 3.05) is 21.2 Å². The minimum absolute atomic E-state index is 0.238. The summed E-state index contributed by atoms with van der Waals surface area (Å²) >= 11 is 0. The van der Waals surface area contributed by atoms with Crippen molar-refractivity contribution in [2.24, 2.45) is 0 Å². The fourth-order valence-corrected chi connectivity index (χ4v) is 3.34. The van der Waals surface area contributed by atoms with Crippen molar-refractivity contribution in [2.45, 2.75) is 50.2 Å². The van der Waals surface area contributed by atoms with Gasteiger partial charge in [0.1, 0.15) is 17.5 Å². The van der Waals surface area contributed by atoms with Crippen LogP contribution in [0.1, 0.15) is 50.3 Å². The molecule has 0 radical (unpaired) electrons. The van der Waals surface area contributed by atoms with Crippen LogP contribution in [0.25, 0.3) is 0 Å². The lowest BCUT2D eigenvalue weighted by atomic mass is 9.81. The van der Waals surface area contributed by atoms with Crippen LogP contribution < -0.4 is 4.74 Å². The molecule has 1 saturated carbocycles. The third-order valence-corrected chi connectivity index (χ3v) is 4.65. The molecule has 1 aromatic rings. The summed E-state index contributed by atoms with van der Waals surface area (Å²) in [6, 6.07) is 3.70. The Bertz CT molecular complexity index is 426. The molecule has 0 bridgehead atoms. The van der Waals surface area contributed by atoms with Crippen molar-refractivity contribution in [3.63, 3.8) is 0 Å². The van der Waals surface area contributed by atoms with Gasteiger partial charge in [-0.2, -0.15) is 0 Å². The van der Waals surface area contributed by atoms with E-state index in [9.17, 15) is 5.11 Å². The molecule has 1 unspecified atom stereocenters. The van der Waals surface area contributed by atoms with Crippen LogP contribution >= 0.6 is 0 Å². The topological polar surface area (TPSA) is 45.6 Å². The summed E-state index contributed by atoms with van der Waals surface area (Å²) in [6.45, 7) is 0. The van der Waals surface area contributed by atoms with E-state index in [1.54, 1.807) is 13.3 Å². The number of rotatable bonds is 4. The van der Waals surface area contributed by atoms with E-state index < -0.39 is 6.10 Å². The van der Waals surface area contributed by atoms with Gasteiger partial charge in [-0.05, 0) is 39.1 Å². The molecule has 1 aliphatic carbocycles. The summed E-state index contributed by atoms with van der Waals surface area (Å²) in [5.74, 6) is 0.672. The van der Waals surface area contributed by atoms with Gasteiger partial charge >= 0.3 is 0 Å². The second-order valence-corrected chi connectivity index (χ2v) is 5.91. The van der Waals surface area contributed by atoms with Crippen molar-refractivity contribution >= 4 is 0 Å². The van der Waals surface area contributed by atoms with Crippen molar-refractivity contribution in [1.82, 2.24) is 9.88 Å². The molecule has 0 aromatic carbocycles. The highest BCUT2D eigenvalue weighted by atomic mass is 16.5. The van der Waals surface area contributed by atoms with E-state index in [1.807, 2.05) is 12.1 Å². The maximum atomic E-state index is 11.0. The molecule has 112 valence electrons. The zero-order chi connectivity index (χ0) is 14.6. The fraction of sp³-hybridized carbons (Fsp3) is 0.688. The quantitative estimate of drug-likeness (QED) is 0.860. The molecule has 0 aliphatic heterocycles. The van der Waals surface area contributed by atoms with Gasteiger partial charge in [0, 0.05) is 6.20 Å². The molecule has 20 heavy (non-hydrogen) atoms. The van der Waals surface area contributed by atoms with Crippen LogP contribution in [0.5, 0.6) is 5.75 Å². The third kappa shape index (κ3) is 2.81. The maximum absolute atomic E-state index is 11.0. The van der Waals surface area contributed by atoms with E-state index in [0.29, 0.717) is 11.4 Å². The van der Waals surface area contributed by atoms with Crippen LogP contribution in [-0.2, 0) is 0 Å². The molecule has 1 aromatic heterocycles. The van der Waals surface area contributed by atoms with Gasteiger partial charge in [-0.3, -0.25) is 4.98 Å². The molecule has 0 saturated heterocycles. The predicted octanol–water partition coefficient (Wildman–Crippen LogP) is 2.78. The Morgan fingerprint density at radius 1 is 1.25 bits per heavy atom. The van der Waals surface area contributed by atoms with Crippen LogP contribution in [0.3, 0.4) is 0 Å². The lowest BCUT2D eigenvalue weighted by Gasteiger charge is -2.43. The minimum atomic E-state index is -0.619. The Kier molecular flexibility index (Phi) is 5.00. The number of hydrogen-bond acceptors (Lipinski definition) is 4. The standard InChI is InChI=1S/C16H26N2O2/c1-18(2)16(10-6-4-5-7-11-16)15(19)14-13(20-3)9-8-12-17-14/h8-9,12,15,19H,4-7,10-11H2,1-3H3. The monoisotopic (exact) mass is 278 g/mol. The molecule has 1 aliphatic rings. The van der Waals surface area contributed by atoms with E-state index in [2.05, 4.69) is 24.0 Å². The van der Waals surface area contributed by atoms with Crippen LogP contribution in [0.4, 0.5) is 0 Å². The first-order valence-electron chi connectivity index (χ1n) is 7.46. The molecule has 0 spiro atoms. The Labute approximate surface area is 121 Å². The van der Waals surface area contributed by atoms with Gasteiger partial charge in [0.15, 0.2) is 0 Å². The van der Waals surface area contributed by atoms with Gasteiger partial charge in [0.05, 0.1) is 12.6 Å². The maximum Gasteiger partial charge on any atom is 0.143 e. The van der Waals surface area contributed by atoms with E-state index in [1.165, 1.54) is 12.8 Å². The first-order valence-corrected chi connectivity index (χ1v) is 7.46. The van der Waals surface area contributed by atoms with Gasteiger partial charge < -0.3 is 14.7 Å². The average Bonchev–Trinajstić information content (AvgIpc) is 2.73. The molecular formula is C16H26N2O2. The summed E-state index contributed by atoms with van der Waals surface area (Å²) in [4.78, 5) is 6.56. The zero-order valence-corrected chi connectivity index (χ0v) is 12.8. The zero-order valence-electron chi connectivity index (χ0n) is 12.8. The van der Waals surface area contributed by atoms with Crippen LogP contribution in [0.2, 0.25) is 0 Å². The number of hydrogen-bond donors (Lipinski definition) is 1. The van der Waals surface area contributed by atoms with Gasteiger partial charge in [-0.25, -0.2) is 0 Å². The normalized spacial score (nSPS) is 20.4. The number of likely N-dealkylation sites (N-methyl/N-ethyl adjacent to an activating group) is 1. The number of methoxy groups -OCH3 is 1. The third-order valence-electron chi connectivity index (χ3n) is 4.65. The molecule has 4 heteroatoms. The highest BCUT2D eigenvalue weighted by Crippen LogP contribution is 2.42. The van der Waals surface area contributed by atoms with Crippen molar-refractivity contribution in [3.8, 4) is 5.75 Å². The summed E-state index contributed by atoms with van der Waals surface area (Å²) in [6.07, 6.45) is 7.92. The Hall–Kier alpha value is -1.13. The van der Waals surface area contributed by atoms with Crippen LogP contribution in [0, 0.1) is 0 Å². The van der Waals surface area contributed by atoms with Crippen LogP contribution in [-0.4, -0.2) is 41.7 Å². The number of ether oxygens (including phenoxy) is 1. The van der Waals surface area contributed by atoms with Gasteiger partial charge in [0.2, 0.25) is 0 Å². The second-order valence-electron chi connectivity index (χ2n) is 5.91. The highest BCUT2D eigenvalue weighted by molar-refractivity contribution is 5.31. The molecule has 1 atom stereocenters. The van der Waals surface area contributed by atoms with E-state index in [0.717, 1.165) is 25.7 Å². The minimum Gasteiger partial charge on any atom is -0.495 e. The van der Waals surface area contributed by atoms with Crippen molar-refractivity contribution < 1.29 is 9.84 Å². The van der Waals surface area contributed by atoms with Crippen molar-refractivity contribution in [1.29, 1.82) is 0 Å². The van der Waals surface area contributed by atoms with E-state index >= 15 is 0 Å².